The van der Waals surface area contributed by atoms with E-state index >= 15 is 0 Å². The average molecular weight is 305 g/mol. The molecule has 1 amide bonds. The normalized spacial score (nSPS) is 15.9. The number of likely N-dealkylation sites (N-methyl/N-ethyl adjacent to an activating group) is 1. The number of piperazine rings is 1. The quantitative estimate of drug-likeness (QED) is 0.806. The first-order chi connectivity index (χ1) is 10.6. The Kier molecular flexibility index (Phi) is 6.12. The molecule has 0 unspecified atom stereocenters. The average Bonchev–Trinajstić information content (AvgIpc) is 2.51. The van der Waals surface area contributed by atoms with Crippen LogP contribution in [0.3, 0.4) is 0 Å². The van der Waals surface area contributed by atoms with Crippen molar-refractivity contribution < 1.29 is 4.79 Å². The summed E-state index contributed by atoms with van der Waals surface area (Å²) in [6.45, 7) is 8.56. The predicted molar refractivity (Wildman–Crippen MR) is 88.3 cm³/mol. The topological polar surface area (TPSA) is 61.4 Å². The number of unbranched alkanes of at least 4 members (excludes halogenated alkanes) is 2. The Balaban J connectivity index is 2.01. The summed E-state index contributed by atoms with van der Waals surface area (Å²) in [5.74, 6) is 0.573. The SMILES string of the molecule is CCCCCNC(=O)c1cc(C)nc(N2CCN(C)CC2)n1. The number of amides is 1. The van der Waals surface area contributed by atoms with Gasteiger partial charge in [0.05, 0.1) is 0 Å². The van der Waals surface area contributed by atoms with Gasteiger partial charge < -0.3 is 15.1 Å². The first-order valence-corrected chi connectivity index (χ1v) is 8.17. The van der Waals surface area contributed by atoms with Crippen LogP contribution < -0.4 is 10.2 Å². The summed E-state index contributed by atoms with van der Waals surface area (Å²) in [5, 5.41) is 2.94. The lowest BCUT2D eigenvalue weighted by atomic mass is 10.2. The van der Waals surface area contributed by atoms with Gasteiger partial charge in [0.1, 0.15) is 5.69 Å². The third-order valence-corrected chi connectivity index (χ3v) is 3.93. The van der Waals surface area contributed by atoms with Crippen LogP contribution in [0.4, 0.5) is 5.95 Å². The minimum atomic E-state index is -0.100. The van der Waals surface area contributed by atoms with Gasteiger partial charge in [0.25, 0.3) is 5.91 Å². The second-order valence-electron chi connectivity index (χ2n) is 5.95. The van der Waals surface area contributed by atoms with Gasteiger partial charge >= 0.3 is 0 Å². The maximum atomic E-state index is 12.2. The van der Waals surface area contributed by atoms with Gasteiger partial charge in [-0.2, -0.15) is 0 Å². The van der Waals surface area contributed by atoms with Crippen molar-refractivity contribution in [2.24, 2.45) is 0 Å². The second-order valence-corrected chi connectivity index (χ2v) is 5.95. The number of hydrogen-bond acceptors (Lipinski definition) is 5. The maximum Gasteiger partial charge on any atom is 0.270 e. The van der Waals surface area contributed by atoms with E-state index in [9.17, 15) is 4.79 Å². The van der Waals surface area contributed by atoms with Crippen molar-refractivity contribution in [2.45, 2.75) is 33.1 Å². The van der Waals surface area contributed by atoms with Gasteiger partial charge in [-0.25, -0.2) is 9.97 Å². The zero-order valence-corrected chi connectivity index (χ0v) is 13.9. The largest absolute Gasteiger partial charge is 0.351 e. The Hall–Kier alpha value is -1.69. The number of carbonyl (C=O) groups excluding carboxylic acids is 1. The van der Waals surface area contributed by atoms with Crippen LogP contribution in [0.1, 0.15) is 42.4 Å². The Morgan fingerprint density at radius 1 is 1.23 bits per heavy atom. The molecular weight excluding hydrogens is 278 g/mol. The number of hydrogen-bond donors (Lipinski definition) is 1. The molecule has 6 heteroatoms. The molecule has 0 saturated carbocycles. The molecular formula is C16H27N5O. The molecule has 0 atom stereocenters. The highest BCUT2D eigenvalue weighted by Gasteiger charge is 2.18. The number of aromatic nitrogens is 2. The van der Waals surface area contributed by atoms with Crippen LogP contribution in [0, 0.1) is 6.92 Å². The summed E-state index contributed by atoms with van der Waals surface area (Å²) in [4.78, 5) is 25.6. The van der Waals surface area contributed by atoms with E-state index < -0.39 is 0 Å². The fourth-order valence-corrected chi connectivity index (χ4v) is 2.48. The number of anilines is 1. The Bertz CT molecular complexity index is 497. The molecule has 1 N–H and O–H groups in total. The van der Waals surface area contributed by atoms with Gasteiger partial charge in [-0.1, -0.05) is 19.8 Å². The lowest BCUT2D eigenvalue weighted by molar-refractivity contribution is 0.0947. The van der Waals surface area contributed by atoms with E-state index in [0.29, 0.717) is 18.2 Å². The molecule has 1 aromatic rings. The van der Waals surface area contributed by atoms with Crippen molar-refractivity contribution in [1.29, 1.82) is 0 Å². The van der Waals surface area contributed by atoms with Gasteiger partial charge in [-0.15, -0.1) is 0 Å². The minimum Gasteiger partial charge on any atom is -0.351 e. The van der Waals surface area contributed by atoms with Crippen LogP contribution in [-0.2, 0) is 0 Å². The Labute approximate surface area is 132 Å². The van der Waals surface area contributed by atoms with E-state index in [4.69, 9.17) is 0 Å². The molecule has 1 aliphatic heterocycles. The van der Waals surface area contributed by atoms with Crippen LogP contribution in [-0.4, -0.2) is 60.5 Å². The smallest absolute Gasteiger partial charge is 0.270 e. The highest BCUT2D eigenvalue weighted by Crippen LogP contribution is 2.12. The molecule has 2 heterocycles. The molecule has 2 rings (SSSR count). The zero-order chi connectivity index (χ0) is 15.9. The predicted octanol–water partition coefficient (Wildman–Crippen LogP) is 1.46. The molecule has 122 valence electrons. The Morgan fingerprint density at radius 2 is 1.95 bits per heavy atom. The summed E-state index contributed by atoms with van der Waals surface area (Å²) < 4.78 is 0. The number of rotatable bonds is 6. The van der Waals surface area contributed by atoms with E-state index in [1.54, 1.807) is 6.07 Å². The fourth-order valence-electron chi connectivity index (χ4n) is 2.48. The number of carbonyl (C=O) groups is 1. The van der Waals surface area contributed by atoms with Gasteiger partial charge in [-0.3, -0.25) is 4.79 Å². The first-order valence-electron chi connectivity index (χ1n) is 8.17. The maximum absolute atomic E-state index is 12.2. The van der Waals surface area contributed by atoms with Crippen molar-refractivity contribution in [2.75, 3.05) is 44.7 Å². The second kappa shape index (κ2) is 8.08. The van der Waals surface area contributed by atoms with E-state index in [1.165, 1.54) is 0 Å². The summed E-state index contributed by atoms with van der Waals surface area (Å²) in [6.07, 6.45) is 3.29. The first kappa shape index (κ1) is 16.7. The van der Waals surface area contributed by atoms with Gasteiger partial charge in [0.2, 0.25) is 5.95 Å². The molecule has 0 radical (unpaired) electrons. The molecule has 1 saturated heterocycles. The van der Waals surface area contributed by atoms with Gasteiger partial charge in [-0.05, 0) is 26.5 Å². The number of nitrogens with zero attached hydrogens (tertiary/aromatic N) is 4. The Morgan fingerprint density at radius 3 is 2.64 bits per heavy atom. The molecule has 0 aromatic carbocycles. The highest BCUT2D eigenvalue weighted by molar-refractivity contribution is 5.92. The molecule has 1 fully saturated rings. The van der Waals surface area contributed by atoms with Crippen LogP contribution in [0.25, 0.3) is 0 Å². The van der Waals surface area contributed by atoms with Crippen LogP contribution in [0.2, 0.25) is 0 Å². The van der Waals surface area contributed by atoms with Crippen LogP contribution in [0.5, 0.6) is 0 Å². The molecule has 1 aromatic heterocycles. The van der Waals surface area contributed by atoms with Gasteiger partial charge in [0, 0.05) is 38.4 Å². The molecule has 0 aliphatic carbocycles. The lowest BCUT2D eigenvalue weighted by Gasteiger charge is -2.32. The van der Waals surface area contributed by atoms with Crippen LogP contribution in [0.15, 0.2) is 6.07 Å². The third kappa shape index (κ3) is 4.66. The summed E-state index contributed by atoms with van der Waals surface area (Å²) >= 11 is 0. The fraction of sp³-hybridized carbons (Fsp3) is 0.688. The molecule has 0 spiro atoms. The van der Waals surface area contributed by atoms with Crippen molar-refractivity contribution >= 4 is 11.9 Å². The molecule has 22 heavy (non-hydrogen) atoms. The lowest BCUT2D eigenvalue weighted by Crippen LogP contribution is -2.45. The number of aryl methyl sites for hydroxylation is 1. The summed E-state index contributed by atoms with van der Waals surface area (Å²) in [7, 11) is 2.11. The van der Waals surface area contributed by atoms with E-state index in [-0.39, 0.29) is 5.91 Å². The number of nitrogens with one attached hydrogen (secondary N) is 1. The molecule has 6 nitrogen and oxygen atoms in total. The molecule has 1 aliphatic rings. The summed E-state index contributed by atoms with van der Waals surface area (Å²) in [5.41, 5.74) is 1.31. The third-order valence-electron chi connectivity index (χ3n) is 3.93. The monoisotopic (exact) mass is 305 g/mol. The van der Waals surface area contributed by atoms with Crippen molar-refractivity contribution in [3.05, 3.63) is 17.5 Å². The van der Waals surface area contributed by atoms with E-state index in [2.05, 4.69) is 39.1 Å². The highest BCUT2D eigenvalue weighted by atomic mass is 16.1. The standard InChI is InChI=1S/C16H27N5O/c1-4-5-6-7-17-15(22)14-12-13(2)18-16(19-14)21-10-8-20(3)9-11-21/h12H,4-11H2,1-3H3,(H,17,22). The van der Waals surface area contributed by atoms with E-state index in [1.807, 2.05) is 6.92 Å². The molecule has 0 bridgehead atoms. The van der Waals surface area contributed by atoms with Crippen molar-refractivity contribution in [1.82, 2.24) is 20.2 Å². The van der Waals surface area contributed by atoms with Gasteiger partial charge in [0.15, 0.2) is 0 Å². The van der Waals surface area contributed by atoms with Crippen molar-refractivity contribution in [3.63, 3.8) is 0 Å². The van der Waals surface area contributed by atoms with Crippen molar-refractivity contribution in [3.8, 4) is 0 Å². The van der Waals surface area contributed by atoms with Crippen LogP contribution >= 0.6 is 0 Å². The summed E-state index contributed by atoms with van der Waals surface area (Å²) in [6, 6.07) is 1.76. The van der Waals surface area contributed by atoms with E-state index in [0.717, 1.165) is 51.1 Å². The zero-order valence-electron chi connectivity index (χ0n) is 13.9. The minimum absolute atomic E-state index is 0.100.